The average molecular weight is 336 g/mol. The number of nitrogens with zero attached hydrogens (tertiary/aromatic N) is 3. The fourth-order valence-corrected chi connectivity index (χ4v) is 3.53. The molecule has 0 atom stereocenters. The van der Waals surface area contributed by atoms with E-state index in [9.17, 15) is 0 Å². The lowest BCUT2D eigenvalue weighted by Crippen LogP contribution is -2.31. The molecule has 0 unspecified atom stereocenters. The van der Waals surface area contributed by atoms with Crippen molar-refractivity contribution in [3.63, 3.8) is 0 Å². The zero-order valence-electron chi connectivity index (χ0n) is 14.9. The molecule has 0 amide bonds. The molecule has 0 bridgehead atoms. The van der Waals surface area contributed by atoms with Gasteiger partial charge in [0, 0.05) is 49.4 Å². The second kappa shape index (κ2) is 6.84. The van der Waals surface area contributed by atoms with Crippen LogP contribution in [0.4, 0.5) is 0 Å². The van der Waals surface area contributed by atoms with E-state index in [0.717, 1.165) is 56.0 Å². The van der Waals surface area contributed by atoms with Gasteiger partial charge in [-0.2, -0.15) is 0 Å². The molecule has 3 heterocycles. The van der Waals surface area contributed by atoms with Gasteiger partial charge in [0.2, 0.25) is 0 Å². The third-order valence-electron chi connectivity index (χ3n) is 4.92. The van der Waals surface area contributed by atoms with Gasteiger partial charge in [0.15, 0.2) is 0 Å². The molecule has 130 valence electrons. The van der Waals surface area contributed by atoms with Gasteiger partial charge in [-0.25, -0.2) is 9.97 Å². The van der Waals surface area contributed by atoms with Gasteiger partial charge in [-0.1, -0.05) is 6.92 Å². The van der Waals surface area contributed by atoms with Gasteiger partial charge in [0.1, 0.15) is 11.6 Å². The molecule has 5 heteroatoms. The van der Waals surface area contributed by atoms with Crippen LogP contribution in [0.2, 0.25) is 0 Å². The number of hydrogen-bond donors (Lipinski definition) is 1. The van der Waals surface area contributed by atoms with E-state index in [4.69, 9.17) is 9.72 Å². The Morgan fingerprint density at radius 3 is 3.08 bits per heavy atom. The van der Waals surface area contributed by atoms with Crippen molar-refractivity contribution in [1.29, 1.82) is 0 Å². The van der Waals surface area contributed by atoms with Gasteiger partial charge in [-0.3, -0.25) is 4.90 Å². The number of fused-ring (bicyclic) bond motifs is 2. The highest BCUT2D eigenvalue weighted by molar-refractivity contribution is 5.84. The number of benzene rings is 1. The van der Waals surface area contributed by atoms with Crippen molar-refractivity contribution in [3.05, 3.63) is 53.2 Å². The first kappa shape index (κ1) is 16.1. The minimum absolute atomic E-state index is 0.894. The summed E-state index contributed by atoms with van der Waals surface area (Å²) >= 11 is 0. The summed E-state index contributed by atoms with van der Waals surface area (Å²) in [5.41, 5.74) is 4.96. The van der Waals surface area contributed by atoms with Gasteiger partial charge in [0.25, 0.3) is 0 Å². The van der Waals surface area contributed by atoms with E-state index in [1.165, 1.54) is 22.2 Å². The molecular weight excluding hydrogens is 312 g/mol. The topological polar surface area (TPSA) is 54.0 Å². The van der Waals surface area contributed by atoms with E-state index in [1.807, 2.05) is 12.3 Å². The number of ether oxygens (including phenoxy) is 1. The van der Waals surface area contributed by atoms with E-state index in [-0.39, 0.29) is 0 Å². The van der Waals surface area contributed by atoms with Gasteiger partial charge >= 0.3 is 0 Å². The Bertz CT molecular complexity index is 887. The maximum Gasteiger partial charge on any atom is 0.128 e. The summed E-state index contributed by atoms with van der Waals surface area (Å²) in [6.45, 7) is 5.02. The molecule has 0 aliphatic carbocycles. The van der Waals surface area contributed by atoms with Crippen LogP contribution < -0.4 is 4.74 Å². The number of aryl methyl sites for hydroxylation is 1. The summed E-state index contributed by atoms with van der Waals surface area (Å²) in [6.07, 6.45) is 7.20. The Morgan fingerprint density at radius 1 is 1.32 bits per heavy atom. The Morgan fingerprint density at radius 2 is 2.24 bits per heavy atom. The minimum Gasteiger partial charge on any atom is -0.497 e. The molecule has 0 spiro atoms. The summed E-state index contributed by atoms with van der Waals surface area (Å²) in [6, 6.07) is 6.18. The van der Waals surface area contributed by atoms with E-state index in [1.54, 1.807) is 7.11 Å². The summed E-state index contributed by atoms with van der Waals surface area (Å²) < 4.78 is 5.37. The highest BCUT2D eigenvalue weighted by Gasteiger charge is 2.19. The quantitative estimate of drug-likeness (QED) is 0.775. The fourth-order valence-electron chi connectivity index (χ4n) is 3.53. The highest BCUT2D eigenvalue weighted by Crippen LogP contribution is 2.26. The third kappa shape index (κ3) is 3.24. The lowest BCUT2D eigenvalue weighted by molar-refractivity contribution is 0.241. The van der Waals surface area contributed by atoms with E-state index in [2.05, 4.69) is 40.1 Å². The molecule has 25 heavy (non-hydrogen) atoms. The van der Waals surface area contributed by atoms with Crippen molar-refractivity contribution >= 4 is 10.9 Å². The lowest BCUT2D eigenvalue weighted by atomic mass is 10.1. The number of H-pyrrole nitrogens is 1. The SMILES string of the molecule is CCCc1ncc2c(n1)CN(Cc1c[nH]c3ccc(OC)cc13)CC2. The van der Waals surface area contributed by atoms with Gasteiger partial charge < -0.3 is 9.72 Å². The van der Waals surface area contributed by atoms with Crippen LogP contribution in [0.1, 0.15) is 36.0 Å². The van der Waals surface area contributed by atoms with Crippen LogP contribution >= 0.6 is 0 Å². The zero-order valence-corrected chi connectivity index (χ0v) is 14.9. The first-order chi connectivity index (χ1) is 12.3. The number of rotatable bonds is 5. The van der Waals surface area contributed by atoms with E-state index in [0.29, 0.717) is 0 Å². The van der Waals surface area contributed by atoms with Crippen molar-refractivity contribution in [2.45, 2.75) is 39.3 Å². The molecule has 4 rings (SSSR count). The predicted molar refractivity (Wildman–Crippen MR) is 98.7 cm³/mol. The number of hydrogen-bond acceptors (Lipinski definition) is 4. The molecule has 3 aromatic rings. The van der Waals surface area contributed by atoms with Crippen LogP contribution in [-0.2, 0) is 25.9 Å². The Hall–Kier alpha value is -2.40. The lowest BCUT2D eigenvalue weighted by Gasteiger charge is -2.27. The molecule has 1 aliphatic heterocycles. The molecule has 0 saturated carbocycles. The molecule has 5 nitrogen and oxygen atoms in total. The summed E-state index contributed by atoms with van der Waals surface area (Å²) in [7, 11) is 1.71. The maximum absolute atomic E-state index is 5.37. The molecule has 2 aromatic heterocycles. The highest BCUT2D eigenvalue weighted by atomic mass is 16.5. The molecule has 0 saturated heterocycles. The molecule has 1 aliphatic rings. The van der Waals surface area contributed by atoms with Crippen molar-refractivity contribution in [1.82, 2.24) is 19.9 Å². The van der Waals surface area contributed by atoms with E-state index < -0.39 is 0 Å². The summed E-state index contributed by atoms with van der Waals surface area (Å²) in [4.78, 5) is 15.1. The Labute approximate surface area is 148 Å². The summed E-state index contributed by atoms with van der Waals surface area (Å²) in [5, 5.41) is 1.24. The second-order valence-electron chi connectivity index (χ2n) is 6.69. The molecule has 0 fully saturated rings. The molecule has 1 aromatic carbocycles. The number of nitrogens with one attached hydrogen (secondary N) is 1. The minimum atomic E-state index is 0.894. The fraction of sp³-hybridized carbons (Fsp3) is 0.400. The van der Waals surface area contributed by atoms with Crippen LogP contribution in [0.15, 0.2) is 30.6 Å². The monoisotopic (exact) mass is 336 g/mol. The first-order valence-electron chi connectivity index (χ1n) is 8.97. The van der Waals surface area contributed by atoms with Crippen LogP contribution in [0.25, 0.3) is 10.9 Å². The largest absolute Gasteiger partial charge is 0.497 e. The Balaban J connectivity index is 1.55. The van der Waals surface area contributed by atoms with Crippen molar-refractivity contribution < 1.29 is 4.74 Å². The van der Waals surface area contributed by atoms with Crippen molar-refractivity contribution in [2.24, 2.45) is 0 Å². The van der Waals surface area contributed by atoms with Crippen molar-refractivity contribution in [3.8, 4) is 5.75 Å². The second-order valence-corrected chi connectivity index (χ2v) is 6.69. The van der Waals surface area contributed by atoms with Gasteiger partial charge in [0.05, 0.1) is 12.8 Å². The smallest absolute Gasteiger partial charge is 0.128 e. The van der Waals surface area contributed by atoms with Crippen LogP contribution in [0.3, 0.4) is 0 Å². The van der Waals surface area contributed by atoms with Crippen LogP contribution in [0, 0.1) is 0 Å². The first-order valence-corrected chi connectivity index (χ1v) is 8.97. The standard InChI is InChI=1S/C20H24N4O/c1-3-4-20-22-10-14-7-8-24(13-19(14)23-20)12-15-11-21-18-6-5-16(25-2)9-17(15)18/h5-6,9-11,21H,3-4,7-8,12-13H2,1-2H3. The Kier molecular flexibility index (Phi) is 4.40. The number of methoxy groups -OCH3 is 1. The maximum atomic E-state index is 5.37. The zero-order chi connectivity index (χ0) is 17.2. The van der Waals surface area contributed by atoms with Gasteiger partial charge in [-0.05, 0) is 42.2 Å². The average Bonchev–Trinajstić information content (AvgIpc) is 3.03. The van der Waals surface area contributed by atoms with Crippen LogP contribution in [0.5, 0.6) is 5.75 Å². The predicted octanol–water partition coefficient (Wildman–Crippen LogP) is 3.48. The van der Waals surface area contributed by atoms with E-state index >= 15 is 0 Å². The molecule has 0 radical (unpaired) electrons. The van der Waals surface area contributed by atoms with Gasteiger partial charge in [-0.15, -0.1) is 0 Å². The van der Waals surface area contributed by atoms with Crippen molar-refractivity contribution in [2.75, 3.05) is 13.7 Å². The number of aromatic amines is 1. The normalized spacial score (nSPS) is 14.6. The molecular formula is C20H24N4O. The van der Waals surface area contributed by atoms with Crippen LogP contribution in [-0.4, -0.2) is 33.5 Å². The third-order valence-corrected chi connectivity index (χ3v) is 4.92. The number of aromatic nitrogens is 3. The molecule has 1 N–H and O–H groups in total. The summed E-state index contributed by atoms with van der Waals surface area (Å²) in [5.74, 6) is 1.87.